The van der Waals surface area contributed by atoms with E-state index in [0.717, 1.165) is 19.0 Å². The summed E-state index contributed by atoms with van der Waals surface area (Å²) in [6, 6.07) is 0. The van der Waals surface area contributed by atoms with Crippen molar-refractivity contribution in [2.45, 2.75) is 44.8 Å². The Morgan fingerprint density at radius 1 is 1.40 bits per heavy atom. The lowest BCUT2D eigenvalue weighted by molar-refractivity contribution is -0.127. The van der Waals surface area contributed by atoms with Gasteiger partial charge < -0.3 is 4.74 Å². The van der Waals surface area contributed by atoms with E-state index in [1.807, 2.05) is 0 Å². The van der Waals surface area contributed by atoms with Gasteiger partial charge in [0, 0.05) is 19.0 Å². The van der Waals surface area contributed by atoms with E-state index in [2.05, 4.69) is 18.7 Å². The molecule has 0 amide bonds. The normalized spacial score (nSPS) is 31.8. The molecular formula is C12H22ClNO. The fraction of sp³-hybridized carbons (Fsp3) is 1.00. The Bertz CT molecular complexity index is 216. The van der Waals surface area contributed by atoms with Crippen molar-refractivity contribution in [1.82, 2.24) is 4.90 Å². The summed E-state index contributed by atoms with van der Waals surface area (Å²) in [5.74, 6) is 1.63. The molecule has 15 heavy (non-hydrogen) atoms. The van der Waals surface area contributed by atoms with Gasteiger partial charge in [0.2, 0.25) is 0 Å². The zero-order valence-electron chi connectivity index (χ0n) is 9.84. The van der Waals surface area contributed by atoms with Crippen molar-refractivity contribution in [3.05, 3.63) is 0 Å². The quantitative estimate of drug-likeness (QED) is 0.690. The molecule has 1 atom stereocenters. The number of hydrogen-bond acceptors (Lipinski definition) is 2. The van der Waals surface area contributed by atoms with Gasteiger partial charge >= 0.3 is 0 Å². The van der Waals surface area contributed by atoms with E-state index < -0.39 is 0 Å². The molecule has 2 nitrogen and oxygen atoms in total. The van der Waals surface area contributed by atoms with Crippen molar-refractivity contribution in [2.24, 2.45) is 5.92 Å². The number of hydrogen-bond donors (Lipinski definition) is 0. The fourth-order valence-electron chi connectivity index (χ4n) is 2.44. The van der Waals surface area contributed by atoms with Gasteiger partial charge in [-0.25, -0.2) is 0 Å². The van der Waals surface area contributed by atoms with Crippen molar-refractivity contribution in [1.29, 1.82) is 0 Å². The molecule has 3 heteroatoms. The summed E-state index contributed by atoms with van der Waals surface area (Å²) in [6.07, 6.45) is 4.49. The van der Waals surface area contributed by atoms with Crippen LogP contribution in [0, 0.1) is 5.92 Å². The fourth-order valence-corrected chi connectivity index (χ4v) is 2.60. The molecule has 1 unspecified atom stereocenters. The summed E-state index contributed by atoms with van der Waals surface area (Å²) in [5.41, 5.74) is -0.0264. The third kappa shape index (κ3) is 3.61. The number of nitrogens with zero attached hydrogens (tertiary/aromatic N) is 1. The van der Waals surface area contributed by atoms with Crippen LogP contribution in [0.25, 0.3) is 0 Å². The minimum atomic E-state index is -0.0264. The molecule has 2 aliphatic rings. The van der Waals surface area contributed by atoms with Gasteiger partial charge in [-0.05, 0) is 32.7 Å². The minimum absolute atomic E-state index is 0.0264. The molecule has 88 valence electrons. The number of rotatable bonds is 4. The number of ether oxygens (including phenoxy) is 1. The summed E-state index contributed by atoms with van der Waals surface area (Å²) in [7, 11) is 0. The van der Waals surface area contributed by atoms with Gasteiger partial charge in [-0.2, -0.15) is 0 Å². The Hall–Kier alpha value is 0.210. The molecule has 2 rings (SSSR count). The third-order valence-electron chi connectivity index (χ3n) is 3.27. The Morgan fingerprint density at radius 2 is 2.13 bits per heavy atom. The monoisotopic (exact) mass is 231 g/mol. The van der Waals surface area contributed by atoms with E-state index in [9.17, 15) is 0 Å². The van der Waals surface area contributed by atoms with Crippen molar-refractivity contribution < 1.29 is 4.74 Å². The van der Waals surface area contributed by atoms with E-state index in [1.165, 1.54) is 25.8 Å². The zero-order valence-corrected chi connectivity index (χ0v) is 10.6. The SMILES string of the molecule is CC1(C)CN(CCC2CC2)CC(CCl)O1. The molecule has 0 spiro atoms. The lowest BCUT2D eigenvalue weighted by Gasteiger charge is -2.42. The maximum absolute atomic E-state index is 5.90. The van der Waals surface area contributed by atoms with Gasteiger partial charge in [0.25, 0.3) is 0 Å². The molecule has 0 bridgehead atoms. The standard InChI is InChI=1S/C12H22ClNO/c1-12(2)9-14(6-5-10-3-4-10)8-11(7-13)15-12/h10-11H,3-9H2,1-2H3. The van der Waals surface area contributed by atoms with E-state index in [1.54, 1.807) is 0 Å². The molecule has 0 radical (unpaired) electrons. The van der Waals surface area contributed by atoms with Crippen LogP contribution in [0.3, 0.4) is 0 Å². The van der Waals surface area contributed by atoms with E-state index >= 15 is 0 Å². The first-order chi connectivity index (χ1) is 7.09. The summed E-state index contributed by atoms with van der Waals surface area (Å²) in [4.78, 5) is 2.52. The molecule has 1 aliphatic carbocycles. The second-order valence-corrected chi connectivity index (χ2v) is 5.93. The summed E-state index contributed by atoms with van der Waals surface area (Å²) in [6.45, 7) is 7.61. The van der Waals surface area contributed by atoms with Gasteiger partial charge in [-0.15, -0.1) is 11.6 Å². The van der Waals surface area contributed by atoms with Crippen molar-refractivity contribution in [3.63, 3.8) is 0 Å². The minimum Gasteiger partial charge on any atom is -0.368 e. The summed E-state index contributed by atoms with van der Waals surface area (Å²) >= 11 is 5.90. The van der Waals surface area contributed by atoms with Gasteiger partial charge in [0.05, 0.1) is 11.7 Å². The first-order valence-electron chi connectivity index (χ1n) is 6.05. The second-order valence-electron chi connectivity index (χ2n) is 5.62. The average molecular weight is 232 g/mol. The molecule has 0 aromatic heterocycles. The highest BCUT2D eigenvalue weighted by atomic mass is 35.5. The molecule has 1 aliphatic heterocycles. The van der Waals surface area contributed by atoms with Gasteiger partial charge in [0.15, 0.2) is 0 Å². The Balaban J connectivity index is 1.81. The second kappa shape index (κ2) is 4.60. The Morgan fingerprint density at radius 3 is 2.73 bits per heavy atom. The smallest absolute Gasteiger partial charge is 0.0844 e. The first-order valence-corrected chi connectivity index (χ1v) is 6.59. The van der Waals surface area contributed by atoms with Crippen LogP contribution < -0.4 is 0 Å². The van der Waals surface area contributed by atoms with Crippen LogP contribution in [0.1, 0.15) is 33.1 Å². The lowest BCUT2D eigenvalue weighted by atomic mass is 10.1. The highest BCUT2D eigenvalue weighted by Crippen LogP contribution is 2.33. The van der Waals surface area contributed by atoms with Crippen LogP contribution >= 0.6 is 11.6 Å². The number of halogens is 1. The van der Waals surface area contributed by atoms with Crippen LogP contribution in [0.4, 0.5) is 0 Å². The van der Waals surface area contributed by atoms with Gasteiger partial charge in [0.1, 0.15) is 0 Å². The molecule has 1 saturated heterocycles. The molecule has 2 fully saturated rings. The first kappa shape index (κ1) is 11.7. The number of alkyl halides is 1. The van der Waals surface area contributed by atoms with Crippen molar-refractivity contribution in [2.75, 3.05) is 25.5 Å². The molecule has 1 heterocycles. The summed E-state index contributed by atoms with van der Waals surface area (Å²) in [5, 5.41) is 0. The van der Waals surface area contributed by atoms with Crippen LogP contribution in [0.5, 0.6) is 0 Å². The molecule has 0 N–H and O–H groups in total. The van der Waals surface area contributed by atoms with Crippen LogP contribution in [-0.4, -0.2) is 42.1 Å². The third-order valence-corrected chi connectivity index (χ3v) is 3.62. The van der Waals surface area contributed by atoms with Gasteiger partial charge in [-0.1, -0.05) is 12.8 Å². The van der Waals surface area contributed by atoms with Crippen molar-refractivity contribution in [3.8, 4) is 0 Å². The topological polar surface area (TPSA) is 12.5 Å². The largest absolute Gasteiger partial charge is 0.368 e. The Labute approximate surface area is 97.9 Å². The van der Waals surface area contributed by atoms with E-state index in [-0.39, 0.29) is 11.7 Å². The van der Waals surface area contributed by atoms with Crippen LogP contribution in [0.15, 0.2) is 0 Å². The van der Waals surface area contributed by atoms with Crippen molar-refractivity contribution >= 4 is 11.6 Å². The Kier molecular flexibility index (Phi) is 3.59. The summed E-state index contributed by atoms with van der Waals surface area (Å²) < 4.78 is 5.90. The maximum atomic E-state index is 5.90. The maximum Gasteiger partial charge on any atom is 0.0844 e. The van der Waals surface area contributed by atoms with E-state index in [0.29, 0.717) is 5.88 Å². The predicted molar refractivity (Wildman–Crippen MR) is 63.5 cm³/mol. The molecular weight excluding hydrogens is 210 g/mol. The number of morpholine rings is 1. The zero-order chi connectivity index (χ0) is 10.9. The highest BCUT2D eigenvalue weighted by Gasteiger charge is 2.33. The molecule has 1 saturated carbocycles. The van der Waals surface area contributed by atoms with Crippen LogP contribution in [0.2, 0.25) is 0 Å². The van der Waals surface area contributed by atoms with Crippen LogP contribution in [-0.2, 0) is 4.74 Å². The highest BCUT2D eigenvalue weighted by molar-refractivity contribution is 6.18. The molecule has 0 aromatic rings. The lowest BCUT2D eigenvalue weighted by Crippen LogP contribution is -2.53. The van der Waals surface area contributed by atoms with Gasteiger partial charge in [-0.3, -0.25) is 4.90 Å². The molecule has 0 aromatic carbocycles. The van der Waals surface area contributed by atoms with E-state index in [4.69, 9.17) is 16.3 Å². The average Bonchev–Trinajstić information content (AvgIpc) is 2.95. The predicted octanol–water partition coefficient (Wildman–Crippen LogP) is 2.50.